The molecule has 2 aromatic heterocycles. The van der Waals surface area contributed by atoms with Crippen LogP contribution < -0.4 is 20.3 Å². The molecule has 3 N–H and O–H groups in total. The molecule has 51 heavy (non-hydrogen) atoms. The zero-order chi connectivity index (χ0) is 36.9. The minimum Gasteiger partial charge on any atom is -0.492 e. The lowest BCUT2D eigenvalue weighted by Crippen LogP contribution is -2.36. The van der Waals surface area contributed by atoms with E-state index in [0.717, 1.165) is 73.0 Å². The number of rotatable bonds is 10. The van der Waals surface area contributed by atoms with E-state index in [1.807, 2.05) is 24.8 Å². The average Bonchev–Trinajstić information content (AvgIpc) is 3.74. The summed E-state index contributed by atoms with van der Waals surface area (Å²) in [6.45, 7) is 13.7. The number of hydrogen-bond donors (Lipinski definition) is 2. The summed E-state index contributed by atoms with van der Waals surface area (Å²) in [4.78, 5) is 13.4. The molecule has 6 rings (SSSR count). The summed E-state index contributed by atoms with van der Waals surface area (Å²) in [5.74, 6) is 2.53. The lowest BCUT2D eigenvalue weighted by atomic mass is 9.84. The van der Waals surface area contributed by atoms with Crippen molar-refractivity contribution in [2.75, 3.05) is 42.6 Å². The van der Waals surface area contributed by atoms with Crippen LogP contribution in [0.3, 0.4) is 0 Å². The van der Waals surface area contributed by atoms with E-state index in [1.54, 1.807) is 18.3 Å². The molecule has 276 valence electrons. The highest BCUT2D eigenvalue weighted by atomic mass is 32.2. The van der Waals surface area contributed by atoms with Crippen molar-refractivity contribution >= 4 is 22.0 Å². The third-order valence-corrected chi connectivity index (χ3v) is 10.6. The summed E-state index contributed by atoms with van der Waals surface area (Å²) in [5, 5.41) is 4.09. The van der Waals surface area contributed by atoms with Gasteiger partial charge in [-0.3, -0.25) is 4.55 Å². The van der Waals surface area contributed by atoms with Crippen LogP contribution in [0.4, 0.5) is 20.6 Å². The third-order valence-electron chi connectivity index (χ3n) is 9.77. The van der Waals surface area contributed by atoms with Gasteiger partial charge < -0.3 is 24.8 Å². The van der Waals surface area contributed by atoms with Gasteiger partial charge in [0.05, 0.1) is 17.7 Å². The zero-order valence-corrected chi connectivity index (χ0v) is 30.6. The molecule has 11 nitrogen and oxygen atoms in total. The monoisotopic (exact) mass is 726 g/mol. The Morgan fingerprint density at radius 1 is 1.02 bits per heavy atom. The molecule has 0 unspecified atom stereocenters. The number of aryl methyl sites for hydroxylation is 2. The quantitative estimate of drug-likeness (QED) is 0.169. The first-order valence-corrected chi connectivity index (χ1v) is 18.8. The molecule has 4 aromatic rings. The van der Waals surface area contributed by atoms with E-state index in [0.29, 0.717) is 43.1 Å². The second kappa shape index (κ2) is 16.5. The molecule has 14 heteroatoms. The van der Waals surface area contributed by atoms with Gasteiger partial charge >= 0.3 is 6.01 Å². The summed E-state index contributed by atoms with van der Waals surface area (Å²) in [7, 11) is -4.02. The highest BCUT2D eigenvalue weighted by Gasteiger charge is 2.34. The molecule has 2 aliphatic rings. The molecule has 2 aliphatic heterocycles. The molecule has 3 atom stereocenters. The molecule has 4 heterocycles. The van der Waals surface area contributed by atoms with Crippen molar-refractivity contribution in [3.05, 3.63) is 88.9 Å². The molecule has 2 fully saturated rings. The molecule has 0 aliphatic carbocycles. The molecule has 2 aromatic carbocycles. The SMILES string of the molecule is Cc1cc(OCC[C@@H](C)C2CCN(c3nc(C(C)C)no3)CC2)cnc1N1C[C@@H](N)[C@H](c2cc(F)ccc2F)C1.Cc1ccc(S(=O)(=O)O)cc1. The van der Waals surface area contributed by atoms with Crippen LogP contribution in [0.1, 0.15) is 74.4 Å². The predicted octanol–water partition coefficient (Wildman–Crippen LogP) is 6.67. The Morgan fingerprint density at radius 3 is 2.35 bits per heavy atom. The van der Waals surface area contributed by atoms with Crippen LogP contribution in [-0.2, 0) is 10.1 Å². The van der Waals surface area contributed by atoms with Crippen LogP contribution in [0.15, 0.2) is 64.1 Å². The van der Waals surface area contributed by atoms with Crippen molar-refractivity contribution < 1.29 is 31.0 Å². The van der Waals surface area contributed by atoms with Gasteiger partial charge in [-0.05, 0) is 92.5 Å². The first kappa shape index (κ1) is 38.1. The summed E-state index contributed by atoms with van der Waals surface area (Å²) < 4.78 is 69.2. The van der Waals surface area contributed by atoms with Gasteiger partial charge in [0.25, 0.3) is 10.1 Å². The highest BCUT2D eigenvalue weighted by molar-refractivity contribution is 7.85. The average molecular weight is 727 g/mol. The molecule has 0 saturated carbocycles. The largest absolute Gasteiger partial charge is 0.492 e. The predicted molar refractivity (Wildman–Crippen MR) is 192 cm³/mol. The maximum atomic E-state index is 14.4. The fraction of sp³-hybridized carbons (Fsp3) is 0.486. The second-order valence-corrected chi connectivity index (χ2v) is 15.4. The zero-order valence-electron chi connectivity index (χ0n) is 29.8. The smallest absolute Gasteiger partial charge is 0.324 e. The number of piperidine rings is 1. The Morgan fingerprint density at radius 2 is 1.73 bits per heavy atom. The summed E-state index contributed by atoms with van der Waals surface area (Å²) in [6.07, 6.45) is 4.89. The summed E-state index contributed by atoms with van der Waals surface area (Å²) in [5.41, 5.74) is 8.59. The first-order valence-electron chi connectivity index (χ1n) is 17.4. The van der Waals surface area contributed by atoms with Crippen molar-refractivity contribution in [1.29, 1.82) is 0 Å². The third kappa shape index (κ3) is 9.80. The highest BCUT2D eigenvalue weighted by Crippen LogP contribution is 2.34. The van der Waals surface area contributed by atoms with Crippen molar-refractivity contribution in [2.45, 2.75) is 76.7 Å². The van der Waals surface area contributed by atoms with Gasteiger partial charge in [-0.25, -0.2) is 13.8 Å². The minimum atomic E-state index is -4.02. The van der Waals surface area contributed by atoms with E-state index in [4.69, 9.17) is 19.5 Å². The second-order valence-electron chi connectivity index (χ2n) is 14.0. The van der Waals surface area contributed by atoms with Crippen molar-refractivity contribution in [3.63, 3.8) is 0 Å². The van der Waals surface area contributed by atoms with Gasteiger partial charge in [0.2, 0.25) is 0 Å². The lowest BCUT2D eigenvalue weighted by molar-refractivity contribution is 0.220. The van der Waals surface area contributed by atoms with E-state index in [1.165, 1.54) is 18.2 Å². The van der Waals surface area contributed by atoms with E-state index in [-0.39, 0.29) is 22.8 Å². The van der Waals surface area contributed by atoms with Gasteiger partial charge in [0.15, 0.2) is 5.82 Å². The van der Waals surface area contributed by atoms with Gasteiger partial charge in [0, 0.05) is 44.1 Å². The molecule has 0 bridgehead atoms. The number of aromatic nitrogens is 3. The number of benzene rings is 2. The Bertz CT molecular complexity index is 1870. The number of hydrogen-bond acceptors (Lipinski definition) is 10. The Labute approximate surface area is 299 Å². The fourth-order valence-electron chi connectivity index (χ4n) is 6.64. The summed E-state index contributed by atoms with van der Waals surface area (Å²) in [6, 6.07) is 11.8. The molecule has 0 radical (unpaired) electrons. The molecular weight excluding hydrogens is 679 g/mol. The Balaban J connectivity index is 0.000000392. The van der Waals surface area contributed by atoms with Crippen LogP contribution in [0, 0.1) is 37.3 Å². The number of ether oxygens (including phenoxy) is 1. The maximum Gasteiger partial charge on any atom is 0.324 e. The Hall–Kier alpha value is -4.14. The van der Waals surface area contributed by atoms with Gasteiger partial charge in [-0.15, -0.1) is 0 Å². The number of nitrogens with zero attached hydrogens (tertiary/aromatic N) is 5. The number of halogens is 2. The topological polar surface area (TPSA) is 148 Å². The van der Waals surface area contributed by atoms with E-state index < -0.39 is 21.8 Å². The van der Waals surface area contributed by atoms with Crippen LogP contribution in [0.25, 0.3) is 0 Å². The van der Waals surface area contributed by atoms with Crippen LogP contribution in [0.5, 0.6) is 5.75 Å². The number of anilines is 2. The lowest BCUT2D eigenvalue weighted by Gasteiger charge is -2.33. The van der Waals surface area contributed by atoms with Gasteiger partial charge in [-0.2, -0.15) is 13.4 Å². The van der Waals surface area contributed by atoms with Crippen LogP contribution in [0.2, 0.25) is 0 Å². The minimum absolute atomic E-state index is 0.0666. The molecule has 0 amide bonds. The van der Waals surface area contributed by atoms with E-state index >= 15 is 0 Å². The van der Waals surface area contributed by atoms with E-state index in [9.17, 15) is 17.2 Å². The standard InChI is InChI=1S/C30H40F2N6O2.C7H8O3S/c1-18(2)28-35-30(40-36-28)37-10-7-21(8-11-37)19(3)9-12-39-23-13-20(4)29(34-15-23)38-16-25(27(33)17-38)24-14-22(31)5-6-26(24)32;1-6-2-4-7(5-3-6)11(8,9)10/h5-6,13-15,18-19,21,25,27H,7-12,16-17,33H2,1-4H3;2-5H,1H3,(H,8,9,10)/t19-,25+,27-;/m1./s1. The van der Waals surface area contributed by atoms with Crippen molar-refractivity contribution in [2.24, 2.45) is 17.6 Å². The summed E-state index contributed by atoms with van der Waals surface area (Å²) >= 11 is 0. The number of pyridine rings is 1. The molecule has 2 saturated heterocycles. The van der Waals surface area contributed by atoms with Gasteiger partial charge in [-0.1, -0.05) is 43.6 Å². The van der Waals surface area contributed by atoms with E-state index in [2.05, 4.69) is 40.8 Å². The van der Waals surface area contributed by atoms with Crippen LogP contribution in [-0.4, -0.2) is 66.9 Å². The van der Waals surface area contributed by atoms with Gasteiger partial charge in [0.1, 0.15) is 23.2 Å². The molecule has 0 spiro atoms. The van der Waals surface area contributed by atoms with Crippen LogP contribution >= 0.6 is 0 Å². The Kier molecular flexibility index (Phi) is 12.3. The van der Waals surface area contributed by atoms with Crippen molar-refractivity contribution in [3.8, 4) is 5.75 Å². The van der Waals surface area contributed by atoms with Crippen molar-refractivity contribution in [1.82, 2.24) is 15.1 Å². The normalized spacial score (nSPS) is 18.9. The maximum absolute atomic E-state index is 14.4. The number of nitrogens with two attached hydrogens (primary N) is 1. The first-order chi connectivity index (χ1) is 24.2. The molecular formula is C37H48F2N6O5S. The fourth-order valence-corrected chi connectivity index (χ4v) is 7.12.